The van der Waals surface area contributed by atoms with Crippen LogP contribution in [0.15, 0.2) is 115 Å². The maximum atomic E-state index is 2.51. The molecule has 166 valence electrons. The van der Waals surface area contributed by atoms with E-state index in [1.165, 1.54) is 80.7 Å². The first kappa shape index (κ1) is 18.9. The van der Waals surface area contributed by atoms with Gasteiger partial charge in [0.2, 0.25) is 0 Å². The largest absolute Gasteiger partial charge is 0.309 e. The molecule has 2 heterocycles. The van der Waals surface area contributed by atoms with Crippen LogP contribution in [0.5, 0.6) is 0 Å². The molecule has 8 aromatic rings. The predicted molar refractivity (Wildman–Crippen MR) is 156 cm³/mol. The average molecular weight is 474 g/mol. The van der Waals surface area contributed by atoms with Crippen LogP contribution in [0.3, 0.4) is 0 Å². The van der Waals surface area contributed by atoms with Crippen LogP contribution in [0.4, 0.5) is 0 Å². The van der Waals surface area contributed by atoms with Crippen molar-refractivity contribution in [3.63, 3.8) is 0 Å². The summed E-state index contributed by atoms with van der Waals surface area (Å²) in [6.45, 7) is 0. The molecule has 1 aliphatic carbocycles. The lowest BCUT2D eigenvalue weighted by atomic mass is 9.93. The van der Waals surface area contributed by atoms with E-state index in [0.717, 1.165) is 0 Å². The van der Waals surface area contributed by atoms with Crippen molar-refractivity contribution >= 4 is 64.1 Å². The summed E-state index contributed by atoms with van der Waals surface area (Å²) >= 11 is 1.92. The van der Waals surface area contributed by atoms with Gasteiger partial charge in [0.25, 0.3) is 0 Å². The summed E-state index contributed by atoms with van der Waals surface area (Å²) in [5.41, 5.74) is 9.08. The quantitative estimate of drug-likeness (QED) is 0.223. The molecule has 0 atom stereocenters. The van der Waals surface area contributed by atoms with Crippen LogP contribution in [-0.2, 0) is 0 Å². The summed E-state index contributed by atoms with van der Waals surface area (Å²) in [6, 6.07) is 42.4. The average Bonchev–Trinajstić information content (AvgIpc) is 3.46. The van der Waals surface area contributed by atoms with Crippen molar-refractivity contribution in [1.82, 2.24) is 4.57 Å². The van der Waals surface area contributed by atoms with Gasteiger partial charge in [-0.2, -0.15) is 0 Å². The third kappa shape index (κ3) is 2.17. The predicted octanol–water partition coefficient (Wildman–Crippen LogP) is 9.95. The van der Waals surface area contributed by atoms with Crippen LogP contribution >= 0.6 is 11.3 Å². The molecular weight excluding hydrogens is 454 g/mol. The molecule has 0 unspecified atom stereocenters. The third-order valence-corrected chi connectivity index (χ3v) is 9.11. The van der Waals surface area contributed by atoms with E-state index in [1.54, 1.807) is 0 Å². The van der Waals surface area contributed by atoms with Gasteiger partial charge in [0.1, 0.15) is 0 Å². The van der Waals surface area contributed by atoms with Gasteiger partial charge in [-0.05, 0) is 46.5 Å². The van der Waals surface area contributed by atoms with E-state index in [4.69, 9.17) is 0 Å². The van der Waals surface area contributed by atoms with E-state index in [1.807, 2.05) is 11.3 Å². The molecule has 0 aliphatic heterocycles. The molecule has 0 saturated carbocycles. The molecular formula is C34H19NS. The van der Waals surface area contributed by atoms with Gasteiger partial charge in [0, 0.05) is 47.4 Å². The van der Waals surface area contributed by atoms with Crippen LogP contribution in [-0.4, -0.2) is 4.57 Å². The summed E-state index contributed by atoms with van der Waals surface area (Å²) in [7, 11) is 0. The van der Waals surface area contributed by atoms with Crippen molar-refractivity contribution in [2.45, 2.75) is 0 Å². The zero-order valence-electron chi connectivity index (χ0n) is 19.3. The molecule has 0 spiro atoms. The standard InChI is InChI=1S/C34H19NS/c1-2-10-20(11-3-1)35-27-18-9-16-24-22-13-5-4-12-21(22)23-15-8-17-26-29(23)32(30(24)27)33(35)31-25-14-6-7-19-28(25)36-34(26)31/h1-19H. The molecule has 9 rings (SSSR count). The Labute approximate surface area is 211 Å². The molecule has 1 aliphatic rings. The van der Waals surface area contributed by atoms with Crippen LogP contribution in [0, 0.1) is 0 Å². The van der Waals surface area contributed by atoms with Crippen LogP contribution < -0.4 is 0 Å². The summed E-state index contributed by atoms with van der Waals surface area (Å²) in [6.07, 6.45) is 0. The highest BCUT2D eigenvalue weighted by Crippen LogP contribution is 2.54. The van der Waals surface area contributed by atoms with Crippen LogP contribution in [0.2, 0.25) is 0 Å². The molecule has 36 heavy (non-hydrogen) atoms. The second-order valence-electron chi connectivity index (χ2n) is 9.67. The fraction of sp³-hybridized carbons (Fsp3) is 0. The van der Waals surface area contributed by atoms with E-state index in [2.05, 4.69) is 120 Å². The Balaban J connectivity index is 1.72. The first-order valence-corrected chi connectivity index (χ1v) is 13.2. The highest BCUT2D eigenvalue weighted by atomic mass is 32.1. The minimum atomic E-state index is 1.21. The first-order valence-electron chi connectivity index (χ1n) is 12.4. The second kappa shape index (κ2) is 6.63. The molecule has 2 aromatic heterocycles. The van der Waals surface area contributed by atoms with Crippen molar-refractivity contribution < 1.29 is 0 Å². The number of aromatic nitrogens is 1. The van der Waals surface area contributed by atoms with Gasteiger partial charge in [-0.3, -0.25) is 0 Å². The van der Waals surface area contributed by atoms with E-state index >= 15 is 0 Å². The van der Waals surface area contributed by atoms with Crippen molar-refractivity contribution in [3.8, 4) is 27.9 Å². The summed E-state index contributed by atoms with van der Waals surface area (Å²) in [5.74, 6) is 0. The van der Waals surface area contributed by atoms with Gasteiger partial charge in [0.05, 0.1) is 11.0 Å². The van der Waals surface area contributed by atoms with Crippen molar-refractivity contribution in [1.29, 1.82) is 0 Å². The highest BCUT2D eigenvalue weighted by molar-refractivity contribution is 7.27. The van der Waals surface area contributed by atoms with E-state index in [9.17, 15) is 0 Å². The lowest BCUT2D eigenvalue weighted by Crippen LogP contribution is -1.95. The number of benzene rings is 6. The monoisotopic (exact) mass is 473 g/mol. The lowest BCUT2D eigenvalue weighted by Gasteiger charge is -2.14. The molecule has 0 amide bonds. The fourth-order valence-corrected chi connectivity index (χ4v) is 7.78. The fourth-order valence-electron chi connectivity index (χ4n) is 6.55. The number of fused-ring (bicyclic) bond motifs is 8. The molecule has 2 heteroatoms. The number of hydrogen-bond acceptors (Lipinski definition) is 1. The molecule has 6 aromatic carbocycles. The zero-order chi connectivity index (χ0) is 23.4. The first-order chi connectivity index (χ1) is 17.9. The van der Waals surface area contributed by atoms with Gasteiger partial charge in [0.15, 0.2) is 0 Å². The minimum absolute atomic E-state index is 1.21. The van der Waals surface area contributed by atoms with Gasteiger partial charge >= 0.3 is 0 Å². The molecule has 0 fully saturated rings. The maximum Gasteiger partial charge on any atom is 0.0641 e. The number of rotatable bonds is 1. The van der Waals surface area contributed by atoms with Crippen LogP contribution in [0.1, 0.15) is 0 Å². The Bertz CT molecular complexity index is 2190. The number of para-hydroxylation sites is 1. The minimum Gasteiger partial charge on any atom is -0.309 e. The second-order valence-corrected chi connectivity index (χ2v) is 10.7. The Morgan fingerprint density at radius 3 is 1.92 bits per heavy atom. The Kier molecular flexibility index (Phi) is 3.47. The van der Waals surface area contributed by atoms with Crippen molar-refractivity contribution in [2.75, 3.05) is 0 Å². The van der Waals surface area contributed by atoms with Crippen LogP contribution in [0.25, 0.3) is 80.7 Å². The smallest absolute Gasteiger partial charge is 0.0641 e. The summed E-state index contributed by atoms with van der Waals surface area (Å²) < 4.78 is 5.23. The van der Waals surface area contributed by atoms with E-state index < -0.39 is 0 Å². The number of thiophene rings is 1. The molecule has 0 saturated heterocycles. The lowest BCUT2D eigenvalue weighted by molar-refractivity contribution is 1.19. The maximum absolute atomic E-state index is 2.51. The zero-order valence-corrected chi connectivity index (χ0v) is 20.1. The van der Waals surface area contributed by atoms with E-state index in [-0.39, 0.29) is 0 Å². The third-order valence-electron chi connectivity index (χ3n) is 7.91. The molecule has 0 bridgehead atoms. The number of nitrogens with zero attached hydrogens (tertiary/aromatic N) is 1. The van der Waals surface area contributed by atoms with Gasteiger partial charge in [-0.1, -0.05) is 91.0 Å². The Morgan fingerprint density at radius 2 is 1.08 bits per heavy atom. The summed E-state index contributed by atoms with van der Waals surface area (Å²) in [5, 5.41) is 8.18. The molecule has 1 nitrogen and oxygen atoms in total. The molecule has 0 radical (unpaired) electrons. The highest BCUT2D eigenvalue weighted by Gasteiger charge is 2.27. The normalized spacial score (nSPS) is 12.4. The Hall–Kier alpha value is -4.40. The molecule has 0 N–H and O–H groups in total. The van der Waals surface area contributed by atoms with Crippen molar-refractivity contribution in [2.24, 2.45) is 0 Å². The van der Waals surface area contributed by atoms with Gasteiger partial charge in [-0.15, -0.1) is 11.3 Å². The Morgan fingerprint density at radius 1 is 0.444 bits per heavy atom. The van der Waals surface area contributed by atoms with Crippen molar-refractivity contribution in [3.05, 3.63) is 115 Å². The van der Waals surface area contributed by atoms with E-state index in [0.29, 0.717) is 0 Å². The summed E-state index contributed by atoms with van der Waals surface area (Å²) in [4.78, 5) is 0. The SMILES string of the molecule is c1ccc(-n2c3cccc4c3c3c5c(cccc5c5sc6ccccc6c5c32)-c2ccccc2-4)cc1. The van der Waals surface area contributed by atoms with Gasteiger partial charge in [-0.25, -0.2) is 0 Å². The number of hydrogen-bond donors (Lipinski definition) is 0. The van der Waals surface area contributed by atoms with Gasteiger partial charge < -0.3 is 4.57 Å². The topological polar surface area (TPSA) is 4.93 Å².